The summed E-state index contributed by atoms with van der Waals surface area (Å²) in [5, 5.41) is 8.85. The lowest BCUT2D eigenvalue weighted by atomic mass is 10.1. The van der Waals surface area contributed by atoms with Crippen LogP contribution in [0.4, 0.5) is 0 Å². The molecule has 1 aliphatic heterocycles. The lowest BCUT2D eigenvalue weighted by Crippen LogP contribution is -2.56. The molecule has 1 fully saturated rings. The van der Waals surface area contributed by atoms with Crippen LogP contribution >= 0.6 is 11.8 Å². The molecule has 1 saturated heterocycles. The maximum atomic E-state index is 12.2. The summed E-state index contributed by atoms with van der Waals surface area (Å²) in [5.74, 6) is -1.20. The molecule has 1 unspecified atom stereocenters. The van der Waals surface area contributed by atoms with E-state index in [0.717, 1.165) is 5.75 Å². The third kappa shape index (κ3) is 4.95. The van der Waals surface area contributed by atoms with Gasteiger partial charge in [-0.2, -0.15) is 11.8 Å². The summed E-state index contributed by atoms with van der Waals surface area (Å²) in [4.78, 5) is 24.4. The van der Waals surface area contributed by atoms with Crippen LogP contribution in [0.5, 0.6) is 0 Å². The number of hydrogen-bond acceptors (Lipinski definition) is 6. The molecule has 1 rings (SSSR count). The number of carbonyl (C=O) groups is 2. The lowest BCUT2D eigenvalue weighted by molar-refractivity contribution is -0.140. The minimum Gasteiger partial charge on any atom is -0.481 e. The normalized spacial score (nSPS) is 23.3. The molecule has 1 heterocycles. The summed E-state index contributed by atoms with van der Waals surface area (Å²) >= 11 is 1.56. The predicted molar refractivity (Wildman–Crippen MR) is 77.4 cm³/mol. The van der Waals surface area contributed by atoms with E-state index < -0.39 is 27.9 Å². The molecule has 2 atom stereocenters. The van der Waals surface area contributed by atoms with Crippen LogP contribution in [0.25, 0.3) is 0 Å². The Bertz CT molecular complexity index is 465. The molecule has 0 aliphatic carbocycles. The van der Waals surface area contributed by atoms with Crippen LogP contribution in [0.2, 0.25) is 0 Å². The average molecular weight is 324 g/mol. The Hall–Kier alpha value is -0.800. The van der Waals surface area contributed by atoms with Crippen LogP contribution in [0.3, 0.4) is 0 Å². The van der Waals surface area contributed by atoms with Gasteiger partial charge in [0.1, 0.15) is 0 Å². The average Bonchev–Trinajstić information content (AvgIpc) is 2.33. The van der Waals surface area contributed by atoms with Gasteiger partial charge in [-0.3, -0.25) is 9.59 Å². The van der Waals surface area contributed by atoms with Crippen LogP contribution in [0, 0.1) is 0 Å². The second kappa shape index (κ2) is 7.28. The zero-order chi connectivity index (χ0) is 15.3. The van der Waals surface area contributed by atoms with E-state index in [0.29, 0.717) is 6.42 Å². The Morgan fingerprint density at radius 1 is 1.50 bits per heavy atom. The van der Waals surface area contributed by atoms with E-state index in [-0.39, 0.29) is 30.4 Å². The first-order valence-electron chi connectivity index (χ1n) is 6.24. The van der Waals surface area contributed by atoms with Gasteiger partial charge in [0.05, 0.1) is 30.0 Å². The van der Waals surface area contributed by atoms with Gasteiger partial charge >= 0.3 is 5.97 Å². The second-order valence-electron chi connectivity index (χ2n) is 4.79. The van der Waals surface area contributed by atoms with E-state index >= 15 is 0 Å². The molecule has 0 saturated carbocycles. The quantitative estimate of drug-likeness (QED) is 0.654. The highest BCUT2D eigenvalue weighted by Crippen LogP contribution is 2.17. The van der Waals surface area contributed by atoms with Crippen LogP contribution in [0.15, 0.2) is 0 Å². The first kappa shape index (κ1) is 17.3. The van der Waals surface area contributed by atoms with Crippen molar-refractivity contribution in [2.75, 3.05) is 30.1 Å². The van der Waals surface area contributed by atoms with Crippen LogP contribution < -0.4 is 5.73 Å². The Morgan fingerprint density at radius 3 is 2.70 bits per heavy atom. The molecule has 0 aromatic heterocycles. The van der Waals surface area contributed by atoms with Crippen molar-refractivity contribution in [2.45, 2.75) is 24.9 Å². The van der Waals surface area contributed by atoms with Crippen molar-refractivity contribution in [1.29, 1.82) is 0 Å². The number of carboxylic acid groups (broad SMARTS) is 1. The van der Waals surface area contributed by atoms with Gasteiger partial charge < -0.3 is 15.7 Å². The highest BCUT2D eigenvalue weighted by molar-refractivity contribution is 7.98. The van der Waals surface area contributed by atoms with Crippen LogP contribution in [0.1, 0.15) is 12.8 Å². The van der Waals surface area contributed by atoms with Crippen molar-refractivity contribution in [3.8, 4) is 0 Å². The van der Waals surface area contributed by atoms with E-state index in [4.69, 9.17) is 10.8 Å². The van der Waals surface area contributed by atoms with Gasteiger partial charge in [-0.15, -0.1) is 0 Å². The number of carbonyl (C=O) groups excluding carboxylic acids is 1. The van der Waals surface area contributed by atoms with Gasteiger partial charge in [-0.25, -0.2) is 8.42 Å². The van der Waals surface area contributed by atoms with Gasteiger partial charge in [-0.1, -0.05) is 0 Å². The number of nitrogens with two attached hydrogens (primary N) is 1. The minimum absolute atomic E-state index is 0.0199. The van der Waals surface area contributed by atoms with E-state index in [1.165, 1.54) is 4.90 Å². The molecular weight excluding hydrogens is 304 g/mol. The molecule has 0 spiro atoms. The van der Waals surface area contributed by atoms with Crippen molar-refractivity contribution in [3.05, 3.63) is 0 Å². The van der Waals surface area contributed by atoms with E-state index in [1.54, 1.807) is 11.8 Å². The molecular formula is C11H20N2O5S2. The summed E-state index contributed by atoms with van der Waals surface area (Å²) in [5.41, 5.74) is 5.79. The van der Waals surface area contributed by atoms with Gasteiger partial charge in [0.2, 0.25) is 5.91 Å². The Morgan fingerprint density at radius 2 is 2.15 bits per heavy atom. The Balaban J connectivity index is 2.79. The molecule has 9 heteroatoms. The standard InChI is InChI=1S/C11H20N2O5S2/c1-19-4-2-9(12)11(16)13-3-5-20(17,18)7-8(13)6-10(14)15/h8-9H,2-7,12H2,1H3,(H,14,15)/t8?,9-/m1/s1. The van der Waals surface area contributed by atoms with Crippen molar-refractivity contribution < 1.29 is 23.1 Å². The number of rotatable bonds is 6. The molecule has 116 valence electrons. The summed E-state index contributed by atoms with van der Waals surface area (Å²) in [6.45, 7) is 0.0199. The minimum atomic E-state index is -3.29. The van der Waals surface area contributed by atoms with Gasteiger partial charge in [0.25, 0.3) is 0 Å². The third-order valence-electron chi connectivity index (χ3n) is 3.17. The molecule has 0 aromatic rings. The van der Waals surface area contributed by atoms with E-state index in [9.17, 15) is 18.0 Å². The zero-order valence-electron chi connectivity index (χ0n) is 11.3. The van der Waals surface area contributed by atoms with Crippen LogP contribution in [-0.4, -0.2) is 72.4 Å². The molecule has 0 radical (unpaired) electrons. The Labute approximate surface area is 122 Å². The van der Waals surface area contributed by atoms with Crippen LogP contribution in [-0.2, 0) is 19.4 Å². The van der Waals surface area contributed by atoms with E-state index in [2.05, 4.69) is 0 Å². The number of sulfone groups is 1. The fraction of sp³-hybridized carbons (Fsp3) is 0.818. The van der Waals surface area contributed by atoms with Gasteiger partial charge in [0.15, 0.2) is 9.84 Å². The highest BCUT2D eigenvalue weighted by Gasteiger charge is 2.36. The number of hydrogen-bond donors (Lipinski definition) is 2. The molecule has 20 heavy (non-hydrogen) atoms. The monoisotopic (exact) mass is 324 g/mol. The first-order chi connectivity index (χ1) is 9.26. The maximum absolute atomic E-state index is 12.2. The largest absolute Gasteiger partial charge is 0.481 e. The predicted octanol–water partition coefficient (Wildman–Crippen LogP) is -0.833. The Kier molecular flexibility index (Phi) is 6.28. The number of thioether (sulfide) groups is 1. The van der Waals surface area contributed by atoms with Crippen molar-refractivity contribution in [1.82, 2.24) is 4.90 Å². The molecule has 1 amide bonds. The third-order valence-corrected chi connectivity index (χ3v) is 5.51. The van der Waals surface area contributed by atoms with Gasteiger partial charge in [-0.05, 0) is 18.4 Å². The molecule has 1 aliphatic rings. The topological polar surface area (TPSA) is 118 Å². The van der Waals surface area contributed by atoms with E-state index in [1.807, 2.05) is 6.26 Å². The maximum Gasteiger partial charge on any atom is 0.305 e. The van der Waals surface area contributed by atoms with Crippen molar-refractivity contribution >= 4 is 33.5 Å². The number of nitrogens with zero attached hydrogens (tertiary/aromatic N) is 1. The fourth-order valence-electron chi connectivity index (χ4n) is 2.13. The first-order valence-corrected chi connectivity index (χ1v) is 9.45. The smallest absolute Gasteiger partial charge is 0.305 e. The number of amides is 1. The SMILES string of the molecule is CSCC[C@@H](N)C(=O)N1CCS(=O)(=O)CC1CC(=O)O. The molecule has 0 aromatic carbocycles. The summed E-state index contributed by atoms with van der Waals surface area (Å²) in [6.07, 6.45) is 2.02. The lowest BCUT2D eigenvalue weighted by Gasteiger charge is -2.36. The number of aliphatic carboxylic acids is 1. The number of carboxylic acids is 1. The molecule has 0 bridgehead atoms. The summed E-state index contributed by atoms with van der Waals surface area (Å²) in [6, 6.07) is -1.53. The van der Waals surface area contributed by atoms with Crippen molar-refractivity contribution in [2.24, 2.45) is 5.73 Å². The summed E-state index contributed by atoms with van der Waals surface area (Å²) in [7, 11) is -3.29. The van der Waals surface area contributed by atoms with Gasteiger partial charge in [0, 0.05) is 6.54 Å². The summed E-state index contributed by atoms with van der Waals surface area (Å²) < 4.78 is 23.2. The van der Waals surface area contributed by atoms with Crippen molar-refractivity contribution in [3.63, 3.8) is 0 Å². The second-order valence-corrected chi connectivity index (χ2v) is 8.00. The highest BCUT2D eigenvalue weighted by atomic mass is 32.2. The molecule has 3 N–H and O–H groups in total. The fourth-order valence-corrected chi connectivity index (χ4v) is 4.14. The zero-order valence-corrected chi connectivity index (χ0v) is 13.0. The molecule has 7 nitrogen and oxygen atoms in total.